The number of hydrogen-bond acceptors (Lipinski definition) is 4. The normalized spacial score (nSPS) is 11.5. The van der Waals surface area contributed by atoms with Crippen molar-refractivity contribution in [3.63, 3.8) is 0 Å². The van der Waals surface area contributed by atoms with Crippen molar-refractivity contribution < 1.29 is 4.74 Å². The summed E-state index contributed by atoms with van der Waals surface area (Å²) < 4.78 is 8.33. The molecule has 22 heavy (non-hydrogen) atoms. The SMILES string of the molecule is CCOc1c(Br)cc(Cl)cc1NCc1cn(C(C)(C)C)nn1. The molecule has 0 radical (unpaired) electrons. The van der Waals surface area contributed by atoms with E-state index in [4.69, 9.17) is 16.3 Å². The Kier molecular flexibility index (Phi) is 5.34. The first-order valence-corrected chi connectivity index (χ1v) is 8.25. The highest BCUT2D eigenvalue weighted by atomic mass is 79.9. The Morgan fingerprint density at radius 3 is 2.68 bits per heavy atom. The summed E-state index contributed by atoms with van der Waals surface area (Å²) >= 11 is 9.58. The summed E-state index contributed by atoms with van der Waals surface area (Å²) in [5.41, 5.74) is 1.60. The van der Waals surface area contributed by atoms with Crippen LogP contribution in [0.1, 0.15) is 33.4 Å². The van der Waals surface area contributed by atoms with Gasteiger partial charge in [-0.25, -0.2) is 4.68 Å². The molecule has 1 aromatic heterocycles. The van der Waals surface area contributed by atoms with Crippen LogP contribution in [0.5, 0.6) is 5.75 Å². The lowest BCUT2D eigenvalue weighted by Gasteiger charge is -2.17. The van der Waals surface area contributed by atoms with Gasteiger partial charge in [0.05, 0.1) is 35.0 Å². The lowest BCUT2D eigenvalue weighted by molar-refractivity contribution is 0.339. The van der Waals surface area contributed by atoms with E-state index < -0.39 is 0 Å². The second-order valence-corrected chi connectivity index (χ2v) is 7.17. The first-order valence-electron chi connectivity index (χ1n) is 7.08. The molecule has 2 rings (SSSR count). The second-order valence-electron chi connectivity index (χ2n) is 5.88. The summed E-state index contributed by atoms with van der Waals surface area (Å²) in [6.07, 6.45) is 1.94. The fraction of sp³-hybridized carbons (Fsp3) is 0.467. The Labute approximate surface area is 144 Å². The highest BCUT2D eigenvalue weighted by Crippen LogP contribution is 2.36. The van der Waals surface area contributed by atoms with Gasteiger partial charge in [0.2, 0.25) is 0 Å². The number of nitrogens with one attached hydrogen (secondary N) is 1. The standard InChI is InChI=1S/C15H20BrClN4O/c1-5-22-14-12(16)6-10(17)7-13(14)18-8-11-9-21(20-19-11)15(2,3)4/h6-7,9,18H,5,8H2,1-4H3. The van der Waals surface area contributed by atoms with Gasteiger partial charge in [-0.05, 0) is 55.8 Å². The van der Waals surface area contributed by atoms with Crippen LogP contribution in [-0.2, 0) is 12.1 Å². The molecule has 7 heteroatoms. The number of halogens is 2. The van der Waals surface area contributed by atoms with Gasteiger partial charge in [0.25, 0.3) is 0 Å². The Balaban J connectivity index is 2.16. The third-order valence-electron chi connectivity index (χ3n) is 2.99. The van der Waals surface area contributed by atoms with Gasteiger partial charge in [-0.1, -0.05) is 16.8 Å². The Morgan fingerprint density at radius 2 is 2.09 bits per heavy atom. The lowest BCUT2D eigenvalue weighted by atomic mass is 10.1. The summed E-state index contributed by atoms with van der Waals surface area (Å²) in [6, 6.07) is 3.65. The van der Waals surface area contributed by atoms with Crippen molar-refractivity contribution in [3.8, 4) is 5.75 Å². The fourth-order valence-electron chi connectivity index (χ4n) is 1.88. The highest BCUT2D eigenvalue weighted by molar-refractivity contribution is 9.10. The zero-order valence-electron chi connectivity index (χ0n) is 13.2. The molecular formula is C15H20BrClN4O. The van der Waals surface area contributed by atoms with Crippen molar-refractivity contribution in [2.45, 2.75) is 39.8 Å². The van der Waals surface area contributed by atoms with E-state index in [1.54, 1.807) is 0 Å². The lowest BCUT2D eigenvalue weighted by Crippen LogP contribution is -2.22. The van der Waals surface area contributed by atoms with Crippen LogP contribution in [0.25, 0.3) is 0 Å². The first-order chi connectivity index (χ1) is 10.3. The van der Waals surface area contributed by atoms with E-state index in [1.165, 1.54) is 0 Å². The molecule has 0 saturated carbocycles. The van der Waals surface area contributed by atoms with Gasteiger partial charge in [0.1, 0.15) is 5.69 Å². The predicted molar refractivity (Wildman–Crippen MR) is 92.7 cm³/mol. The number of ether oxygens (including phenoxy) is 1. The molecule has 0 aliphatic carbocycles. The van der Waals surface area contributed by atoms with Gasteiger partial charge in [-0.3, -0.25) is 0 Å². The maximum absolute atomic E-state index is 6.11. The summed E-state index contributed by atoms with van der Waals surface area (Å²) in [7, 11) is 0. The second kappa shape index (κ2) is 6.87. The third kappa shape index (κ3) is 4.14. The highest BCUT2D eigenvalue weighted by Gasteiger charge is 2.15. The van der Waals surface area contributed by atoms with E-state index in [0.717, 1.165) is 21.6 Å². The van der Waals surface area contributed by atoms with Crippen molar-refractivity contribution in [1.29, 1.82) is 0 Å². The molecule has 0 atom stereocenters. The summed E-state index contributed by atoms with van der Waals surface area (Å²) in [4.78, 5) is 0. The average Bonchev–Trinajstić information content (AvgIpc) is 2.88. The van der Waals surface area contributed by atoms with Crippen LogP contribution in [0.2, 0.25) is 5.02 Å². The molecule has 1 N–H and O–H groups in total. The van der Waals surface area contributed by atoms with Gasteiger partial charge in [-0.15, -0.1) is 5.10 Å². The van der Waals surface area contributed by atoms with Gasteiger partial charge in [0.15, 0.2) is 5.75 Å². The van der Waals surface area contributed by atoms with Crippen LogP contribution in [0.3, 0.4) is 0 Å². The zero-order chi connectivity index (χ0) is 16.3. The molecule has 0 spiro atoms. The largest absolute Gasteiger partial charge is 0.491 e. The summed E-state index contributed by atoms with van der Waals surface area (Å²) in [5.74, 6) is 0.745. The quantitative estimate of drug-likeness (QED) is 0.823. The van der Waals surface area contributed by atoms with E-state index in [0.29, 0.717) is 18.2 Å². The maximum Gasteiger partial charge on any atom is 0.156 e. The molecule has 0 bridgehead atoms. The molecule has 120 valence electrons. The van der Waals surface area contributed by atoms with Crippen LogP contribution in [0.15, 0.2) is 22.8 Å². The van der Waals surface area contributed by atoms with Crippen LogP contribution >= 0.6 is 27.5 Å². The Morgan fingerprint density at radius 1 is 1.36 bits per heavy atom. The van der Waals surface area contributed by atoms with Gasteiger partial charge in [0, 0.05) is 5.02 Å². The number of benzene rings is 1. The Hall–Kier alpha value is -1.27. The molecule has 0 aliphatic heterocycles. The van der Waals surface area contributed by atoms with E-state index in [-0.39, 0.29) is 5.54 Å². The topological polar surface area (TPSA) is 52.0 Å². The molecule has 1 heterocycles. The number of hydrogen-bond donors (Lipinski definition) is 1. The van der Waals surface area contributed by atoms with Crippen LogP contribution in [0, 0.1) is 0 Å². The fourth-order valence-corrected chi connectivity index (χ4v) is 2.80. The number of rotatable bonds is 5. The van der Waals surface area contributed by atoms with Crippen molar-refractivity contribution in [2.75, 3.05) is 11.9 Å². The molecule has 5 nitrogen and oxygen atoms in total. The molecular weight excluding hydrogens is 368 g/mol. The number of nitrogens with zero attached hydrogens (tertiary/aromatic N) is 3. The minimum Gasteiger partial charge on any atom is -0.491 e. The minimum absolute atomic E-state index is 0.0825. The monoisotopic (exact) mass is 386 g/mol. The summed E-state index contributed by atoms with van der Waals surface area (Å²) in [5, 5.41) is 12.3. The third-order valence-corrected chi connectivity index (χ3v) is 3.79. The van der Waals surface area contributed by atoms with Crippen LogP contribution in [0.4, 0.5) is 5.69 Å². The van der Waals surface area contributed by atoms with E-state index in [9.17, 15) is 0 Å². The molecule has 2 aromatic rings. The van der Waals surface area contributed by atoms with Gasteiger partial charge in [-0.2, -0.15) is 0 Å². The number of aromatic nitrogens is 3. The zero-order valence-corrected chi connectivity index (χ0v) is 15.5. The van der Waals surface area contributed by atoms with Crippen LogP contribution in [-0.4, -0.2) is 21.6 Å². The first kappa shape index (κ1) is 17.1. The van der Waals surface area contributed by atoms with E-state index in [1.807, 2.05) is 29.9 Å². The van der Waals surface area contributed by atoms with Crippen LogP contribution < -0.4 is 10.1 Å². The summed E-state index contributed by atoms with van der Waals surface area (Å²) in [6.45, 7) is 9.32. The number of anilines is 1. The molecule has 0 fully saturated rings. The van der Waals surface area contributed by atoms with Crippen molar-refractivity contribution >= 4 is 33.2 Å². The minimum atomic E-state index is -0.0825. The van der Waals surface area contributed by atoms with Crippen molar-refractivity contribution in [2.24, 2.45) is 0 Å². The maximum atomic E-state index is 6.11. The molecule has 0 aliphatic rings. The van der Waals surface area contributed by atoms with Crippen molar-refractivity contribution in [1.82, 2.24) is 15.0 Å². The Bertz CT molecular complexity index is 651. The molecule has 0 amide bonds. The van der Waals surface area contributed by atoms with Gasteiger partial charge >= 0.3 is 0 Å². The average molecular weight is 388 g/mol. The van der Waals surface area contributed by atoms with E-state index in [2.05, 4.69) is 52.3 Å². The molecule has 0 unspecified atom stereocenters. The van der Waals surface area contributed by atoms with E-state index >= 15 is 0 Å². The smallest absolute Gasteiger partial charge is 0.156 e. The predicted octanol–water partition coefficient (Wildman–Crippen LogP) is 4.46. The molecule has 1 aromatic carbocycles. The van der Waals surface area contributed by atoms with Gasteiger partial charge < -0.3 is 10.1 Å². The van der Waals surface area contributed by atoms with Crippen molar-refractivity contribution in [3.05, 3.63) is 33.5 Å². The molecule has 0 saturated heterocycles.